The van der Waals surface area contributed by atoms with Gasteiger partial charge in [0.25, 0.3) is 0 Å². The zero-order valence-electron chi connectivity index (χ0n) is 11.1. The fraction of sp³-hybridized carbons (Fsp3) is 0.538. The minimum atomic E-state index is -3.78. The van der Waals surface area contributed by atoms with Gasteiger partial charge in [-0.15, -0.1) is 0 Å². The van der Waals surface area contributed by atoms with Gasteiger partial charge in [-0.25, -0.2) is 17.5 Å². The van der Waals surface area contributed by atoms with E-state index in [0.29, 0.717) is 18.9 Å². The predicted octanol–water partition coefficient (Wildman–Crippen LogP) is 1.50. The Morgan fingerprint density at radius 3 is 2.85 bits per heavy atom. The number of anilines is 1. The average molecular weight is 302 g/mol. The average Bonchev–Trinajstić information content (AvgIpc) is 3.20. The Labute approximate surface area is 118 Å². The minimum absolute atomic E-state index is 0.0314. The maximum Gasteiger partial charge on any atom is 0.242 e. The number of nitrogens with two attached hydrogens (primary N) is 1. The number of hydrogen-bond acceptors (Lipinski definition) is 4. The molecule has 1 fully saturated rings. The second-order valence-corrected chi connectivity index (χ2v) is 6.69. The van der Waals surface area contributed by atoms with Crippen molar-refractivity contribution in [3.8, 4) is 0 Å². The Bertz CT molecular complexity index is 559. The van der Waals surface area contributed by atoms with E-state index in [9.17, 15) is 12.8 Å². The molecule has 0 bridgehead atoms. The van der Waals surface area contributed by atoms with Gasteiger partial charge in [0.2, 0.25) is 10.0 Å². The van der Waals surface area contributed by atoms with Gasteiger partial charge in [-0.1, -0.05) is 0 Å². The summed E-state index contributed by atoms with van der Waals surface area (Å²) in [6, 6.07) is 3.28. The van der Waals surface area contributed by atoms with Crippen LogP contribution in [0.1, 0.15) is 19.3 Å². The first-order valence-electron chi connectivity index (χ1n) is 6.61. The van der Waals surface area contributed by atoms with Crippen molar-refractivity contribution in [1.82, 2.24) is 4.72 Å². The molecule has 0 aliphatic heterocycles. The molecule has 1 aromatic rings. The van der Waals surface area contributed by atoms with Crippen molar-refractivity contribution in [3.63, 3.8) is 0 Å². The summed E-state index contributed by atoms with van der Waals surface area (Å²) < 4.78 is 44.8. The van der Waals surface area contributed by atoms with E-state index < -0.39 is 15.8 Å². The highest BCUT2D eigenvalue weighted by molar-refractivity contribution is 7.89. The predicted molar refractivity (Wildman–Crippen MR) is 74.2 cm³/mol. The Balaban J connectivity index is 1.79. The smallest absolute Gasteiger partial charge is 0.242 e. The molecular weight excluding hydrogens is 283 g/mol. The first-order valence-corrected chi connectivity index (χ1v) is 8.10. The zero-order chi connectivity index (χ0) is 14.6. The van der Waals surface area contributed by atoms with Crippen LogP contribution in [-0.4, -0.2) is 28.2 Å². The molecule has 1 saturated carbocycles. The Morgan fingerprint density at radius 1 is 1.40 bits per heavy atom. The molecule has 112 valence electrons. The van der Waals surface area contributed by atoms with Crippen LogP contribution in [0.4, 0.5) is 10.1 Å². The van der Waals surface area contributed by atoms with Crippen LogP contribution in [-0.2, 0) is 14.8 Å². The first kappa shape index (κ1) is 15.2. The van der Waals surface area contributed by atoms with E-state index in [1.165, 1.54) is 18.9 Å². The maximum absolute atomic E-state index is 13.1. The standard InChI is InChI=1S/C13H19FN2O3S/c14-11-4-5-12(15)13(8-11)20(17,18)16-6-1-7-19-9-10-2-3-10/h4-5,8,10,16H,1-3,6-7,9,15H2. The summed E-state index contributed by atoms with van der Waals surface area (Å²) in [5.74, 6) is 0.0612. The lowest BCUT2D eigenvalue weighted by Gasteiger charge is -2.09. The van der Waals surface area contributed by atoms with Crippen LogP contribution < -0.4 is 10.5 Å². The third-order valence-electron chi connectivity index (χ3n) is 3.07. The summed E-state index contributed by atoms with van der Waals surface area (Å²) in [6.07, 6.45) is 3.03. The number of rotatable bonds is 8. The van der Waals surface area contributed by atoms with Gasteiger partial charge in [-0.2, -0.15) is 0 Å². The van der Waals surface area contributed by atoms with Gasteiger partial charge in [0.05, 0.1) is 5.69 Å². The van der Waals surface area contributed by atoms with Crippen molar-refractivity contribution < 1.29 is 17.5 Å². The van der Waals surface area contributed by atoms with Crippen molar-refractivity contribution in [3.05, 3.63) is 24.0 Å². The molecule has 0 atom stereocenters. The normalized spacial score (nSPS) is 15.4. The van der Waals surface area contributed by atoms with Gasteiger partial charge in [0.15, 0.2) is 0 Å². The molecule has 2 rings (SSSR count). The number of sulfonamides is 1. The molecule has 7 heteroatoms. The third-order valence-corrected chi connectivity index (χ3v) is 4.59. The van der Waals surface area contributed by atoms with Gasteiger partial charge in [-0.3, -0.25) is 0 Å². The summed E-state index contributed by atoms with van der Waals surface area (Å²) in [4.78, 5) is -0.226. The van der Waals surface area contributed by atoms with Crippen LogP contribution >= 0.6 is 0 Å². The number of halogens is 1. The molecule has 0 aromatic heterocycles. The molecule has 1 aromatic carbocycles. The van der Waals surface area contributed by atoms with E-state index in [1.807, 2.05) is 0 Å². The lowest BCUT2D eigenvalue weighted by molar-refractivity contribution is 0.123. The number of benzene rings is 1. The molecule has 1 aliphatic carbocycles. The molecule has 20 heavy (non-hydrogen) atoms. The van der Waals surface area contributed by atoms with Gasteiger partial charge < -0.3 is 10.5 Å². The molecule has 0 spiro atoms. The quantitative estimate of drug-likeness (QED) is 0.563. The number of nitrogen functional groups attached to an aromatic ring is 1. The van der Waals surface area contributed by atoms with E-state index in [2.05, 4.69) is 4.72 Å². The summed E-state index contributed by atoms with van der Waals surface area (Å²) in [5, 5.41) is 0. The Hall–Kier alpha value is -1.18. The van der Waals surface area contributed by atoms with Gasteiger partial charge in [-0.05, 0) is 43.4 Å². The van der Waals surface area contributed by atoms with Gasteiger partial charge in [0.1, 0.15) is 10.7 Å². The highest BCUT2D eigenvalue weighted by atomic mass is 32.2. The lowest BCUT2D eigenvalue weighted by atomic mass is 10.3. The second-order valence-electron chi connectivity index (χ2n) is 4.95. The largest absolute Gasteiger partial charge is 0.398 e. The van der Waals surface area contributed by atoms with E-state index >= 15 is 0 Å². The maximum atomic E-state index is 13.1. The van der Waals surface area contributed by atoms with E-state index in [4.69, 9.17) is 10.5 Å². The highest BCUT2D eigenvalue weighted by Gasteiger charge is 2.21. The summed E-state index contributed by atoms with van der Waals surface area (Å²) in [5.41, 5.74) is 5.59. The van der Waals surface area contributed by atoms with Crippen molar-refractivity contribution in [1.29, 1.82) is 0 Å². The molecule has 0 unspecified atom stereocenters. The SMILES string of the molecule is Nc1ccc(F)cc1S(=O)(=O)NCCCOCC1CC1. The Kier molecular flexibility index (Phi) is 4.95. The third kappa shape index (κ3) is 4.43. The van der Waals surface area contributed by atoms with E-state index in [0.717, 1.165) is 18.7 Å². The molecular formula is C13H19FN2O3S. The van der Waals surface area contributed by atoms with Crippen LogP contribution in [0.15, 0.2) is 23.1 Å². The van der Waals surface area contributed by atoms with Crippen LogP contribution in [0.2, 0.25) is 0 Å². The zero-order valence-corrected chi connectivity index (χ0v) is 12.0. The second kappa shape index (κ2) is 6.51. The van der Waals surface area contributed by atoms with E-state index in [1.54, 1.807) is 0 Å². The fourth-order valence-corrected chi connectivity index (χ4v) is 2.95. The van der Waals surface area contributed by atoms with Crippen LogP contribution in [0, 0.1) is 11.7 Å². The summed E-state index contributed by atoms with van der Waals surface area (Å²) in [7, 11) is -3.78. The molecule has 0 saturated heterocycles. The monoisotopic (exact) mass is 302 g/mol. The highest BCUT2D eigenvalue weighted by Crippen LogP contribution is 2.28. The van der Waals surface area contributed by atoms with Crippen molar-refractivity contribution >= 4 is 15.7 Å². The molecule has 0 radical (unpaired) electrons. The fourth-order valence-electron chi connectivity index (χ4n) is 1.73. The van der Waals surface area contributed by atoms with Crippen molar-refractivity contribution in [2.45, 2.75) is 24.2 Å². The van der Waals surface area contributed by atoms with E-state index in [-0.39, 0.29) is 17.1 Å². The van der Waals surface area contributed by atoms with Gasteiger partial charge in [0, 0.05) is 19.8 Å². The topological polar surface area (TPSA) is 81.4 Å². The first-order chi connectivity index (χ1) is 9.49. The minimum Gasteiger partial charge on any atom is -0.398 e. The number of ether oxygens (including phenoxy) is 1. The molecule has 0 heterocycles. The van der Waals surface area contributed by atoms with Crippen molar-refractivity contribution in [2.24, 2.45) is 5.92 Å². The van der Waals surface area contributed by atoms with Gasteiger partial charge >= 0.3 is 0 Å². The summed E-state index contributed by atoms with van der Waals surface area (Å²) in [6.45, 7) is 1.50. The number of nitrogens with one attached hydrogen (secondary N) is 1. The van der Waals surface area contributed by atoms with Crippen LogP contribution in [0.3, 0.4) is 0 Å². The van der Waals surface area contributed by atoms with Crippen LogP contribution in [0.5, 0.6) is 0 Å². The molecule has 0 amide bonds. The van der Waals surface area contributed by atoms with Crippen molar-refractivity contribution in [2.75, 3.05) is 25.5 Å². The number of hydrogen-bond donors (Lipinski definition) is 2. The van der Waals surface area contributed by atoms with Crippen LogP contribution in [0.25, 0.3) is 0 Å². The molecule has 5 nitrogen and oxygen atoms in total. The molecule has 1 aliphatic rings. The lowest BCUT2D eigenvalue weighted by Crippen LogP contribution is -2.26. The Morgan fingerprint density at radius 2 is 2.15 bits per heavy atom. The summed E-state index contributed by atoms with van der Waals surface area (Å²) >= 11 is 0. The molecule has 3 N–H and O–H groups in total.